The summed E-state index contributed by atoms with van der Waals surface area (Å²) in [7, 11) is 0. The summed E-state index contributed by atoms with van der Waals surface area (Å²) >= 11 is 0. The summed E-state index contributed by atoms with van der Waals surface area (Å²) in [6.45, 7) is 6.90. The van der Waals surface area contributed by atoms with Gasteiger partial charge in [0, 0.05) is 18.4 Å². The Morgan fingerprint density at radius 2 is 1.96 bits per heavy atom. The molecule has 0 saturated carbocycles. The number of benzene rings is 1. The molecule has 24 heavy (non-hydrogen) atoms. The van der Waals surface area contributed by atoms with Crippen molar-refractivity contribution >= 4 is 11.6 Å². The first-order chi connectivity index (χ1) is 11.6. The molecular formula is C20H21N3O. The van der Waals surface area contributed by atoms with Gasteiger partial charge in [0.1, 0.15) is 5.65 Å². The molecule has 1 aromatic carbocycles. The molecule has 4 rings (SSSR count). The Kier molecular flexibility index (Phi) is 3.41. The molecule has 2 aromatic heterocycles. The number of fused-ring (bicyclic) bond motifs is 2. The summed E-state index contributed by atoms with van der Waals surface area (Å²) in [5.74, 6) is 0.0876. The molecule has 3 aromatic rings. The van der Waals surface area contributed by atoms with Crippen LogP contribution in [-0.4, -0.2) is 26.7 Å². The molecule has 4 heteroatoms. The maximum atomic E-state index is 13.1. The fourth-order valence-corrected chi connectivity index (χ4v) is 3.62. The van der Waals surface area contributed by atoms with E-state index in [0.717, 1.165) is 30.0 Å². The number of aromatic nitrogens is 2. The summed E-state index contributed by atoms with van der Waals surface area (Å²) in [5, 5.41) is 0. The molecule has 0 N–H and O–H groups in total. The van der Waals surface area contributed by atoms with Crippen molar-refractivity contribution in [1.82, 2.24) is 14.3 Å². The molecular weight excluding hydrogens is 298 g/mol. The number of pyridine rings is 1. The molecule has 0 fully saturated rings. The summed E-state index contributed by atoms with van der Waals surface area (Å²) in [6, 6.07) is 12.3. The number of nitrogens with zero attached hydrogens (tertiary/aromatic N) is 3. The minimum Gasteiger partial charge on any atom is -0.331 e. The SMILES string of the molecule is Cc1nc2ccc(C(=O)N3CCc4ccccc4[C@H]3C)cn2c1C. The van der Waals surface area contributed by atoms with Gasteiger partial charge in [-0.15, -0.1) is 0 Å². The molecule has 0 saturated heterocycles. The number of rotatable bonds is 1. The second-order valence-electron chi connectivity index (χ2n) is 6.55. The van der Waals surface area contributed by atoms with Crippen LogP contribution in [-0.2, 0) is 6.42 Å². The largest absolute Gasteiger partial charge is 0.331 e. The Balaban J connectivity index is 1.70. The minimum absolute atomic E-state index is 0.0876. The third-order valence-electron chi connectivity index (χ3n) is 5.20. The Hall–Kier alpha value is -2.62. The summed E-state index contributed by atoms with van der Waals surface area (Å²) in [5.41, 5.74) is 6.29. The second kappa shape index (κ2) is 5.48. The van der Waals surface area contributed by atoms with Gasteiger partial charge in [0.2, 0.25) is 0 Å². The lowest BCUT2D eigenvalue weighted by Gasteiger charge is -2.35. The standard InChI is InChI=1S/C20H21N3O/c1-13-14(2)23-12-17(8-9-19(23)21-13)20(24)22-11-10-16-6-4-5-7-18(16)15(22)3/h4-9,12,15H,10-11H2,1-3H3/t15-/m1/s1. The highest BCUT2D eigenvalue weighted by Gasteiger charge is 2.28. The first-order valence-electron chi connectivity index (χ1n) is 8.40. The summed E-state index contributed by atoms with van der Waals surface area (Å²) in [4.78, 5) is 19.6. The van der Waals surface area contributed by atoms with Crippen LogP contribution in [0.3, 0.4) is 0 Å². The monoisotopic (exact) mass is 319 g/mol. The zero-order valence-electron chi connectivity index (χ0n) is 14.3. The zero-order valence-corrected chi connectivity index (χ0v) is 14.3. The normalized spacial score (nSPS) is 17.1. The fourth-order valence-electron chi connectivity index (χ4n) is 3.62. The van der Waals surface area contributed by atoms with Crippen LogP contribution < -0.4 is 0 Å². The number of hydrogen-bond acceptors (Lipinski definition) is 2. The predicted molar refractivity (Wildman–Crippen MR) is 94.3 cm³/mol. The molecule has 1 aliphatic heterocycles. The molecule has 0 spiro atoms. The van der Waals surface area contributed by atoms with Crippen LogP contribution in [0.15, 0.2) is 42.6 Å². The van der Waals surface area contributed by atoms with Crippen molar-refractivity contribution in [3.63, 3.8) is 0 Å². The van der Waals surface area contributed by atoms with Crippen molar-refractivity contribution in [2.45, 2.75) is 33.2 Å². The number of amides is 1. The van der Waals surface area contributed by atoms with Crippen LogP contribution in [0.25, 0.3) is 5.65 Å². The number of hydrogen-bond donors (Lipinski definition) is 0. The quantitative estimate of drug-likeness (QED) is 0.686. The van der Waals surface area contributed by atoms with E-state index < -0.39 is 0 Å². The smallest absolute Gasteiger partial charge is 0.255 e. The average Bonchev–Trinajstić information content (AvgIpc) is 2.89. The van der Waals surface area contributed by atoms with Gasteiger partial charge in [-0.25, -0.2) is 4.98 Å². The molecule has 0 bridgehead atoms. The van der Waals surface area contributed by atoms with Gasteiger partial charge < -0.3 is 9.30 Å². The van der Waals surface area contributed by atoms with Crippen molar-refractivity contribution in [2.75, 3.05) is 6.54 Å². The number of imidazole rings is 1. The van der Waals surface area contributed by atoms with E-state index in [2.05, 4.69) is 30.1 Å². The number of carbonyl (C=O) groups is 1. The van der Waals surface area contributed by atoms with E-state index in [1.54, 1.807) is 0 Å². The Morgan fingerprint density at radius 1 is 1.17 bits per heavy atom. The van der Waals surface area contributed by atoms with Gasteiger partial charge in [-0.1, -0.05) is 24.3 Å². The van der Waals surface area contributed by atoms with Crippen LogP contribution in [0.2, 0.25) is 0 Å². The molecule has 1 aliphatic rings. The van der Waals surface area contributed by atoms with Crippen molar-refractivity contribution in [3.8, 4) is 0 Å². The molecule has 1 amide bonds. The molecule has 1 atom stereocenters. The van der Waals surface area contributed by atoms with Gasteiger partial charge in [-0.2, -0.15) is 0 Å². The summed E-state index contributed by atoms with van der Waals surface area (Å²) < 4.78 is 2.01. The van der Waals surface area contributed by atoms with E-state index in [9.17, 15) is 4.79 Å². The maximum Gasteiger partial charge on any atom is 0.255 e. The minimum atomic E-state index is 0.0876. The van der Waals surface area contributed by atoms with Gasteiger partial charge >= 0.3 is 0 Å². The van der Waals surface area contributed by atoms with Crippen LogP contribution in [0.4, 0.5) is 0 Å². The van der Waals surface area contributed by atoms with E-state index in [-0.39, 0.29) is 11.9 Å². The van der Waals surface area contributed by atoms with Crippen LogP contribution >= 0.6 is 0 Å². The van der Waals surface area contributed by atoms with Gasteiger partial charge in [0.15, 0.2) is 0 Å². The van der Waals surface area contributed by atoms with Gasteiger partial charge in [-0.3, -0.25) is 4.79 Å². The third kappa shape index (κ3) is 2.21. The van der Waals surface area contributed by atoms with Crippen molar-refractivity contribution in [3.05, 3.63) is 70.7 Å². The average molecular weight is 319 g/mol. The highest BCUT2D eigenvalue weighted by molar-refractivity contribution is 5.94. The van der Waals surface area contributed by atoms with Gasteiger partial charge in [-0.05, 0) is 50.5 Å². The van der Waals surface area contributed by atoms with Gasteiger partial charge in [0.05, 0.1) is 17.3 Å². The Morgan fingerprint density at radius 3 is 2.79 bits per heavy atom. The molecule has 4 nitrogen and oxygen atoms in total. The zero-order chi connectivity index (χ0) is 16.8. The predicted octanol–water partition coefficient (Wildman–Crippen LogP) is 3.71. The molecule has 0 unspecified atom stereocenters. The third-order valence-corrected chi connectivity index (χ3v) is 5.20. The lowest BCUT2D eigenvalue weighted by Crippen LogP contribution is -2.38. The molecule has 0 radical (unpaired) electrons. The Labute approximate surface area is 141 Å². The number of carbonyl (C=O) groups excluding carboxylic acids is 1. The highest BCUT2D eigenvalue weighted by Crippen LogP contribution is 2.30. The molecule has 122 valence electrons. The van der Waals surface area contributed by atoms with Crippen LogP contribution in [0, 0.1) is 13.8 Å². The van der Waals surface area contributed by atoms with Crippen molar-refractivity contribution in [1.29, 1.82) is 0 Å². The van der Waals surface area contributed by atoms with E-state index in [1.165, 1.54) is 11.1 Å². The van der Waals surface area contributed by atoms with Gasteiger partial charge in [0.25, 0.3) is 5.91 Å². The lowest BCUT2D eigenvalue weighted by molar-refractivity contribution is 0.0677. The summed E-state index contributed by atoms with van der Waals surface area (Å²) in [6.07, 6.45) is 2.83. The van der Waals surface area contributed by atoms with E-state index in [1.807, 2.05) is 47.5 Å². The van der Waals surface area contributed by atoms with Crippen molar-refractivity contribution in [2.24, 2.45) is 0 Å². The van der Waals surface area contributed by atoms with E-state index in [4.69, 9.17) is 0 Å². The molecule has 3 heterocycles. The van der Waals surface area contributed by atoms with Crippen LogP contribution in [0.1, 0.15) is 45.8 Å². The first kappa shape index (κ1) is 14.9. The fraction of sp³-hybridized carbons (Fsp3) is 0.300. The van der Waals surface area contributed by atoms with E-state index >= 15 is 0 Å². The van der Waals surface area contributed by atoms with Crippen molar-refractivity contribution < 1.29 is 4.79 Å². The topological polar surface area (TPSA) is 37.6 Å². The second-order valence-corrected chi connectivity index (χ2v) is 6.55. The lowest BCUT2D eigenvalue weighted by atomic mass is 9.93. The van der Waals surface area contributed by atoms with Crippen LogP contribution in [0.5, 0.6) is 0 Å². The number of aryl methyl sites for hydroxylation is 2. The first-order valence-corrected chi connectivity index (χ1v) is 8.40. The highest BCUT2D eigenvalue weighted by atomic mass is 16.2. The maximum absolute atomic E-state index is 13.1. The molecule has 0 aliphatic carbocycles. The van der Waals surface area contributed by atoms with E-state index in [0.29, 0.717) is 5.56 Å². The Bertz CT molecular complexity index is 941.